The molecular weight excluding hydrogens is 309 g/mol. The minimum absolute atomic E-state index is 0.146. The standard InChI is InChI=1S/C18H18FN3O2/c1-3-22(2)16(12-7-5-4-6-8-12)18-20-17(21-24-18)14-10-9-13(23)11-15(14)19/h4-11,16,23H,3H2,1-2H3. The largest absolute Gasteiger partial charge is 0.508 e. The van der Waals surface area contributed by atoms with Gasteiger partial charge in [-0.3, -0.25) is 4.90 Å². The Morgan fingerprint density at radius 2 is 1.96 bits per heavy atom. The predicted octanol–water partition coefficient (Wildman–Crippen LogP) is 3.62. The van der Waals surface area contributed by atoms with Crippen LogP contribution in [0.2, 0.25) is 0 Å². The van der Waals surface area contributed by atoms with E-state index in [2.05, 4.69) is 15.0 Å². The lowest BCUT2D eigenvalue weighted by molar-refractivity contribution is 0.234. The van der Waals surface area contributed by atoms with E-state index in [0.29, 0.717) is 5.89 Å². The van der Waals surface area contributed by atoms with Crippen molar-refractivity contribution in [2.24, 2.45) is 0 Å². The van der Waals surface area contributed by atoms with Gasteiger partial charge in [-0.05, 0) is 31.3 Å². The molecule has 3 rings (SSSR count). The highest BCUT2D eigenvalue weighted by molar-refractivity contribution is 5.56. The molecule has 1 heterocycles. The van der Waals surface area contributed by atoms with Gasteiger partial charge in [0.1, 0.15) is 17.6 Å². The Labute approximate surface area is 139 Å². The van der Waals surface area contributed by atoms with Crippen molar-refractivity contribution >= 4 is 0 Å². The fourth-order valence-corrected chi connectivity index (χ4v) is 2.54. The summed E-state index contributed by atoms with van der Waals surface area (Å²) in [6.45, 7) is 2.82. The van der Waals surface area contributed by atoms with Crippen LogP contribution in [0.25, 0.3) is 11.4 Å². The molecular formula is C18H18FN3O2. The van der Waals surface area contributed by atoms with E-state index in [4.69, 9.17) is 4.52 Å². The molecule has 0 bridgehead atoms. The van der Waals surface area contributed by atoms with Crippen LogP contribution < -0.4 is 0 Å². The van der Waals surface area contributed by atoms with E-state index < -0.39 is 5.82 Å². The second-order valence-corrected chi connectivity index (χ2v) is 5.51. The molecule has 0 aliphatic carbocycles. The molecule has 2 aromatic carbocycles. The third-order valence-corrected chi connectivity index (χ3v) is 3.92. The van der Waals surface area contributed by atoms with Crippen LogP contribution in [0.15, 0.2) is 53.1 Å². The normalized spacial score (nSPS) is 12.5. The molecule has 0 aliphatic heterocycles. The van der Waals surface area contributed by atoms with Gasteiger partial charge >= 0.3 is 0 Å². The summed E-state index contributed by atoms with van der Waals surface area (Å²) in [5, 5.41) is 13.2. The molecule has 3 aromatic rings. The van der Waals surface area contributed by atoms with Crippen molar-refractivity contribution in [2.75, 3.05) is 13.6 Å². The van der Waals surface area contributed by atoms with E-state index in [1.165, 1.54) is 12.1 Å². The lowest BCUT2D eigenvalue weighted by Crippen LogP contribution is -2.25. The molecule has 124 valence electrons. The van der Waals surface area contributed by atoms with Crippen molar-refractivity contribution in [3.05, 3.63) is 65.8 Å². The minimum atomic E-state index is -0.595. The lowest BCUT2D eigenvalue weighted by Gasteiger charge is -2.23. The summed E-state index contributed by atoms with van der Waals surface area (Å²) in [6, 6.07) is 13.4. The van der Waals surface area contributed by atoms with Crippen LogP contribution in [0.5, 0.6) is 5.75 Å². The molecule has 0 amide bonds. The van der Waals surface area contributed by atoms with Crippen LogP contribution >= 0.6 is 0 Å². The van der Waals surface area contributed by atoms with Gasteiger partial charge in [-0.1, -0.05) is 42.4 Å². The highest BCUT2D eigenvalue weighted by Crippen LogP contribution is 2.29. The first-order chi connectivity index (χ1) is 11.6. The highest BCUT2D eigenvalue weighted by Gasteiger charge is 2.25. The van der Waals surface area contributed by atoms with Gasteiger partial charge < -0.3 is 9.63 Å². The first-order valence-electron chi connectivity index (χ1n) is 7.67. The molecule has 5 nitrogen and oxygen atoms in total. The summed E-state index contributed by atoms with van der Waals surface area (Å²) in [5.41, 5.74) is 1.21. The second-order valence-electron chi connectivity index (χ2n) is 5.51. The fourth-order valence-electron chi connectivity index (χ4n) is 2.54. The topological polar surface area (TPSA) is 62.4 Å². The van der Waals surface area contributed by atoms with Crippen molar-refractivity contribution in [3.8, 4) is 17.1 Å². The number of aromatic hydroxyl groups is 1. The van der Waals surface area contributed by atoms with Crippen molar-refractivity contribution in [2.45, 2.75) is 13.0 Å². The molecule has 6 heteroatoms. The number of phenolic OH excluding ortho intramolecular Hbond substituents is 1. The number of benzene rings is 2. The van der Waals surface area contributed by atoms with Crippen molar-refractivity contribution in [1.82, 2.24) is 15.0 Å². The average Bonchev–Trinajstić information content (AvgIpc) is 3.05. The van der Waals surface area contributed by atoms with E-state index >= 15 is 0 Å². The van der Waals surface area contributed by atoms with Crippen molar-refractivity contribution in [1.29, 1.82) is 0 Å². The van der Waals surface area contributed by atoms with Crippen LogP contribution in [-0.2, 0) is 0 Å². The maximum Gasteiger partial charge on any atom is 0.248 e. The zero-order valence-corrected chi connectivity index (χ0v) is 13.5. The van der Waals surface area contributed by atoms with Gasteiger partial charge in [0.2, 0.25) is 11.7 Å². The molecule has 0 fully saturated rings. The molecule has 0 saturated carbocycles. The Kier molecular flexibility index (Phi) is 4.57. The summed E-state index contributed by atoms with van der Waals surface area (Å²) < 4.78 is 19.4. The number of nitrogens with zero attached hydrogens (tertiary/aromatic N) is 3. The third-order valence-electron chi connectivity index (χ3n) is 3.92. The monoisotopic (exact) mass is 327 g/mol. The van der Waals surface area contributed by atoms with Gasteiger partial charge in [-0.2, -0.15) is 4.98 Å². The van der Waals surface area contributed by atoms with Gasteiger partial charge in [0, 0.05) is 6.07 Å². The fraction of sp³-hybridized carbons (Fsp3) is 0.222. The number of phenols is 1. The third kappa shape index (κ3) is 3.14. The number of rotatable bonds is 5. The average molecular weight is 327 g/mol. The minimum Gasteiger partial charge on any atom is -0.508 e. The number of hydrogen-bond donors (Lipinski definition) is 1. The Morgan fingerprint density at radius 1 is 1.21 bits per heavy atom. The molecule has 1 atom stereocenters. The Balaban J connectivity index is 2.00. The highest BCUT2D eigenvalue weighted by atomic mass is 19.1. The number of aromatic nitrogens is 2. The van der Waals surface area contributed by atoms with Crippen LogP contribution in [0.1, 0.15) is 24.4 Å². The van der Waals surface area contributed by atoms with Gasteiger partial charge in [0.25, 0.3) is 0 Å². The number of halogens is 1. The Hall–Kier alpha value is -2.73. The van der Waals surface area contributed by atoms with E-state index in [1.54, 1.807) is 0 Å². The summed E-state index contributed by atoms with van der Waals surface area (Å²) in [5.74, 6) is -0.184. The second kappa shape index (κ2) is 6.80. The molecule has 24 heavy (non-hydrogen) atoms. The summed E-state index contributed by atoms with van der Waals surface area (Å²) in [4.78, 5) is 6.44. The van der Waals surface area contributed by atoms with E-state index in [9.17, 15) is 9.50 Å². The van der Waals surface area contributed by atoms with Gasteiger partial charge in [-0.15, -0.1) is 0 Å². The Morgan fingerprint density at radius 3 is 2.62 bits per heavy atom. The summed E-state index contributed by atoms with van der Waals surface area (Å²) >= 11 is 0. The van der Waals surface area contributed by atoms with Crippen molar-refractivity contribution in [3.63, 3.8) is 0 Å². The van der Waals surface area contributed by atoms with Crippen LogP contribution in [0.3, 0.4) is 0 Å². The molecule has 0 spiro atoms. The van der Waals surface area contributed by atoms with E-state index in [-0.39, 0.29) is 23.2 Å². The van der Waals surface area contributed by atoms with Crippen LogP contribution in [0, 0.1) is 5.82 Å². The maximum atomic E-state index is 14.0. The van der Waals surface area contributed by atoms with Crippen molar-refractivity contribution < 1.29 is 14.0 Å². The summed E-state index contributed by atoms with van der Waals surface area (Å²) in [7, 11) is 1.96. The molecule has 0 saturated heterocycles. The van der Waals surface area contributed by atoms with E-state index in [0.717, 1.165) is 18.2 Å². The van der Waals surface area contributed by atoms with Crippen LogP contribution in [0.4, 0.5) is 4.39 Å². The molecule has 1 aromatic heterocycles. The quantitative estimate of drug-likeness (QED) is 0.775. The first kappa shape index (κ1) is 16.1. The Bertz CT molecular complexity index is 820. The SMILES string of the molecule is CCN(C)C(c1ccccc1)c1nc(-c2ccc(O)cc2F)no1. The maximum absolute atomic E-state index is 14.0. The van der Waals surface area contributed by atoms with Gasteiger partial charge in [0.05, 0.1) is 5.56 Å². The molecule has 1 N–H and O–H groups in total. The van der Waals surface area contributed by atoms with Gasteiger partial charge in [-0.25, -0.2) is 4.39 Å². The van der Waals surface area contributed by atoms with Crippen LogP contribution in [-0.4, -0.2) is 33.7 Å². The smallest absolute Gasteiger partial charge is 0.248 e. The number of hydrogen-bond acceptors (Lipinski definition) is 5. The lowest BCUT2D eigenvalue weighted by atomic mass is 10.1. The zero-order valence-electron chi connectivity index (χ0n) is 13.5. The first-order valence-corrected chi connectivity index (χ1v) is 7.67. The van der Waals surface area contributed by atoms with Gasteiger partial charge in [0.15, 0.2) is 0 Å². The predicted molar refractivity (Wildman–Crippen MR) is 87.9 cm³/mol. The zero-order chi connectivity index (χ0) is 17.1. The molecule has 0 radical (unpaired) electrons. The molecule has 1 unspecified atom stereocenters. The molecule has 0 aliphatic rings. The van der Waals surface area contributed by atoms with E-state index in [1.807, 2.05) is 44.3 Å². The summed E-state index contributed by atoms with van der Waals surface area (Å²) in [6.07, 6.45) is 0.